The van der Waals surface area contributed by atoms with Gasteiger partial charge in [0.05, 0.1) is 0 Å². The van der Waals surface area contributed by atoms with Gasteiger partial charge < -0.3 is 0 Å². The minimum atomic E-state index is 1.01. The maximum Gasteiger partial charge on any atom is 0.0161 e. The third-order valence-corrected chi connectivity index (χ3v) is 4.25. The van der Waals surface area contributed by atoms with Crippen molar-refractivity contribution in [2.45, 2.75) is 12.8 Å². The second-order valence-corrected chi connectivity index (χ2v) is 5.64. The third-order valence-electron chi connectivity index (χ3n) is 4.25. The lowest BCUT2D eigenvalue weighted by atomic mass is 9.87. The lowest BCUT2D eigenvalue weighted by molar-refractivity contribution is 1.07. The van der Waals surface area contributed by atoms with Gasteiger partial charge in [-0.2, -0.15) is 0 Å². The predicted octanol–water partition coefficient (Wildman–Crippen LogP) is 5.12. The zero-order chi connectivity index (χ0) is 14.1. The van der Waals surface area contributed by atoms with E-state index < -0.39 is 0 Å². The largest absolute Gasteiger partial charge is 0.0799 e. The molecular formula is C21H17. The Morgan fingerprint density at radius 2 is 1.57 bits per heavy atom. The number of hydrogen-bond acceptors (Lipinski definition) is 0. The Kier molecular flexibility index (Phi) is 3.08. The molecule has 3 aromatic carbocycles. The molecule has 0 aromatic heterocycles. The molecule has 1 aliphatic rings. The average Bonchev–Trinajstić information content (AvgIpc) is 2.55. The fraction of sp³-hybridized carbons (Fsp3) is 0.0952. The molecule has 21 heavy (non-hydrogen) atoms. The molecule has 0 heterocycles. The molecule has 0 saturated carbocycles. The highest BCUT2D eigenvalue weighted by Gasteiger charge is 2.12. The summed E-state index contributed by atoms with van der Waals surface area (Å²) in [6.07, 6.45) is 6.76. The van der Waals surface area contributed by atoms with Gasteiger partial charge in [0.25, 0.3) is 0 Å². The van der Waals surface area contributed by atoms with Crippen molar-refractivity contribution in [3.63, 3.8) is 0 Å². The Balaban J connectivity index is 1.66. The minimum Gasteiger partial charge on any atom is -0.0799 e. The van der Waals surface area contributed by atoms with Gasteiger partial charge in [-0.15, -0.1) is 0 Å². The number of hydrogen-bond donors (Lipinski definition) is 0. The molecular weight excluding hydrogens is 252 g/mol. The second-order valence-electron chi connectivity index (χ2n) is 5.64. The van der Waals surface area contributed by atoms with Gasteiger partial charge in [-0.3, -0.25) is 0 Å². The van der Waals surface area contributed by atoms with E-state index in [1.54, 1.807) is 0 Å². The number of fused-ring (bicyclic) bond motifs is 2. The molecule has 0 nitrogen and oxygen atoms in total. The summed E-state index contributed by atoms with van der Waals surface area (Å²) in [6, 6.07) is 23.9. The first-order valence-electron chi connectivity index (χ1n) is 7.48. The van der Waals surface area contributed by atoms with Crippen LogP contribution >= 0.6 is 0 Å². The molecule has 0 fully saturated rings. The molecule has 0 aliphatic heterocycles. The van der Waals surface area contributed by atoms with Gasteiger partial charge >= 0.3 is 0 Å². The number of rotatable bonds is 2. The zero-order valence-corrected chi connectivity index (χ0v) is 11.9. The Morgan fingerprint density at radius 3 is 2.57 bits per heavy atom. The summed E-state index contributed by atoms with van der Waals surface area (Å²) in [7, 11) is 0. The first kappa shape index (κ1) is 12.4. The van der Waals surface area contributed by atoms with Crippen LogP contribution in [0, 0.1) is 6.42 Å². The summed E-state index contributed by atoms with van der Waals surface area (Å²) in [6.45, 7) is 0. The van der Waals surface area contributed by atoms with Gasteiger partial charge in [0.15, 0.2) is 0 Å². The van der Waals surface area contributed by atoms with E-state index in [4.69, 9.17) is 0 Å². The van der Waals surface area contributed by atoms with E-state index in [2.05, 4.69) is 79.2 Å². The lowest BCUT2D eigenvalue weighted by Crippen LogP contribution is -2.03. The number of allylic oxidation sites excluding steroid dienone is 2. The monoisotopic (exact) mass is 269 g/mol. The molecule has 0 N–H and O–H groups in total. The van der Waals surface area contributed by atoms with Crippen LogP contribution in [0.5, 0.6) is 0 Å². The molecule has 0 bridgehead atoms. The molecule has 4 rings (SSSR count). The summed E-state index contributed by atoms with van der Waals surface area (Å²) in [5.74, 6) is 0. The molecule has 0 amide bonds. The van der Waals surface area contributed by atoms with Gasteiger partial charge in [-0.25, -0.2) is 0 Å². The Hall–Kier alpha value is -2.34. The maximum absolute atomic E-state index is 2.37. The van der Waals surface area contributed by atoms with E-state index in [1.807, 2.05) is 0 Å². The standard InChI is InChI=1S/C21H17/c1-2-8-19-14-16(12-13-17(19)6-1)15-20-10-5-9-18-7-3-4-11-21(18)20/h1-12,14H,13,15H2. The van der Waals surface area contributed by atoms with E-state index in [1.165, 1.54) is 33.0 Å². The van der Waals surface area contributed by atoms with E-state index in [9.17, 15) is 0 Å². The summed E-state index contributed by atoms with van der Waals surface area (Å²) in [5, 5.41) is 2.69. The maximum atomic E-state index is 2.37. The van der Waals surface area contributed by atoms with Crippen molar-refractivity contribution in [3.8, 4) is 0 Å². The summed E-state index contributed by atoms with van der Waals surface area (Å²) in [4.78, 5) is 0. The van der Waals surface area contributed by atoms with Gasteiger partial charge in [-0.05, 0) is 40.3 Å². The minimum absolute atomic E-state index is 1.01. The van der Waals surface area contributed by atoms with Gasteiger partial charge in [0.1, 0.15) is 0 Å². The fourth-order valence-electron chi connectivity index (χ4n) is 3.15. The topological polar surface area (TPSA) is 0 Å². The molecule has 1 aliphatic carbocycles. The molecule has 0 saturated heterocycles. The van der Waals surface area contributed by atoms with Crippen molar-refractivity contribution in [2.24, 2.45) is 0 Å². The Labute approximate surface area is 125 Å². The number of benzene rings is 3. The molecule has 0 heteroatoms. The normalized spacial score (nSPS) is 13.8. The molecule has 1 radical (unpaired) electrons. The lowest BCUT2D eigenvalue weighted by Gasteiger charge is -2.17. The van der Waals surface area contributed by atoms with Crippen LogP contribution in [-0.4, -0.2) is 0 Å². The summed E-state index contributed by atoms with van der Waals surface area (Å²) < 4.78 is 0. The SMILES string of the molecule is [CH]1C(Cc2cccc3ccccc23)=CCc2ccccc21. The van der Waals surface area contributed by atoms with Gasteiger partial charge in [-0.1, -0.05) is 78.4 Å². The van der Waals surface area contributed by atoms with Crippen molar-refractivity contribution < 1.29 is 0 Å². The van der Waals surface area contributed by atoms with E-state index >= 15 is 0 Å². The van der Waals surface area contributed by atoms with E-state index in [0.717, 1.165) is 12.8 Å². The molecule has 0 atom stereocenters. The second kappa shape index (κ2) is 5.21. The van der Waals surface area contributed by atoms with Crippen molar-refractivity contribution in [2.75, 3.05) is 0 Å². The third kappa shape index (κ3) is 2.38. The van der Waals surface area contributed by atoms with Crippen LogP contribution in [0.4, 0.5) is 0 Å². The fourth-order valence-corrected chi connectivity index (χ4v) is 3.15. The summed E-state index contributed by atoms with van der Waals surface area (Å²) in [5.41, 5.74) is 5.63. The Morgan fingerprint density at radius 1 is 0.762 bits per heavy atom. The van der Waals surface area contributed by atoms with Crippen LogP contribution in [0.25, 0.3) is 10.8 Å². The summed E-state index contributed by atoms with van der Waals surface area (Å²) >= 11 is 0. The highest BCUT2D eigenvalue weighted by Crippen LogP contribution is 2.27. The molecule has 0 unspecified atom stereocenters. The first-order valence-corrected chi connectivity index (χ1v) is 7.48. The van der Waals surface area contributed by atoms with Gasteiger partial charge in [0, 0.05) is 6.42 Å². The van der Waals surface area contributed by atoms with E-state index in [0.29, 0.717) is 0 Å². The van der Waals surface area contributed by atoms with Crippen LogP contribution in [0.15, 0.2) is 78.4 Å². The van der Waals surface area contributed by atoms with Crippen molar-refractivity contribution in [3.05, 3.63) is 101 Å². The Bertz CT molecular complexity index is 819. The highest BCUT2D eigenvalue weighted by molar-refractivity contribution is 5.86. The first-order chi connectivity index (χ1) is 10.4. The molecule has 0 spiro atoms. The molecule has 101 valence electrons. The van der Waals surface area contributed by atoms with Crippen LogP contribution in [0.1, 0.15) is 16.7 Å². The molecule has 3 aromatic rings. The highest BCUT2D eigenvalue weighted by atomic mass is 14.2. The van der Waals surface area contributed by atoms with Crippen LogP contribution in [0.3, 0.4) is 0 Å². The van der Waals surface area contributed by atoms with Crippen molar-refractivity contribution in [1.82, 2.24) is 0 Å². The van der Waals surface area contributed by atoms with Crippen LogP contribution in [-0.2, 0) is 12.8 Å². The smallest absolute Gasteiger partial charge is 0.0161 e. The van der Waals surface area contributed by atoms with Crippen LogP contribution < -0.4 is 0 Å². The zero-order valence-electron chi connectivity index (χ0n) is 11.9. The van der Waals surface area contributed by atoms with Crippen molar-refractivity contribution in [1.29, 1.82) is 0 Å². The van der Waals surface area contributed by atoms with Crippen LogP contribution in [0.2, 0.25) is 0 Å². The van der Waals surface area contributed by atoms with E-state index in [-0.39, 0.29) is 0 Å². The van der Waals surface area contributed by atoms with Gasteiger partial charge in [0.2, 0.25) is 0 Å². The average molecular weight is 269 g/mol. The quantitative estimate of drug-likeness (QED) is 0.606. The predicted molar refractivity (Wildman–Crippen MR) is 89.3 cm³/mol. The van der Waals surface area contributed by atoms with Crippen molar-refractivity contribution >= 4 is 10.8 Å².